The predicted octanol–water partition coefficient (Wildman–Crippen LogP) is 1.36. The average molecular weight is 264 g/mol. The molecule has 0 radical (unpaired) electrons. The number of benzene rings is 1. The molecule has 0 aromatic heterocycles. The number of carbonyl (C=O) groups excluding carboxylic acids is 1. The van der Waals surface area contributed by atoms with Crippen molar-refractivity contribution in [2.24, 2.45) is 0 Å². The first-order valence-electron chi connectivity index (χ1n) is 6.83. The molecule has 0 spiro atoms. The zero-order chi connectivity index (χ0) is 13.8. The lowest BCUT2D eigenvalue weighted by Gasteiger charge is -2.06. The van der Waals surface area contributed by atoms with Crippen LogP contribution in [0.25, 0.3) is 0 Å². The summed E-state index contributed by atoms with van der Waals surface area (Å²) in [4.78, 5) is 11.3. The molecule has 0 atom stereocenters. The average Bonchev–Trinajstić information content (AvgIpc) is 2.44. The summed E-state index contributed by atoms with van der Waals surface area (Å²) in [5.41, 5.74) is 1.37. The Labute approximate surface area is 115 Å². The maximum absolute atomic E-state index is 11.3. The minimum Gasteiger partial charge on any atom is -0.383 e. The highest BCUT2D eigenvalue weighted by Gasteiger charge is 1.99. The number of methoxy groups -OCH3 is 1. The number of ether oxygens (including phenoxy) is 1. The fraction of sp³-hybridized carbons (Fsp3) is 0.533. The molecule has 2 N–H and O–H groups in total. The molecule has 0 saturated carbocycles. The van der Waals surface area contributed by atoms with E-state index in [2.05, 4.69) is 34.9 Å². The first-order chi connectivity index (χ1) is 9.33. The Morgan fingerprint density at radius 2 is 1.95 bits per heavy atom. The van der Waals surface area contributed by atoms with Crippen molar-refractivity contribution in [3.8, 4) is 0 Å². The van der Waals surface area contributed by atoms with E-state index in [1.807, 2.05) is 6.07 Å². The maximum atomic E-state index is 11.3. The van der Waals surface area contributed by atoms with Crippen LogP contribution in [-0.4, -0.2) is 39.3 Å². The third-order valence-corrected chi connectivity index (χ3v) is 2.83. The Kier molecular flexibility index (Phi) is 8.68. The quantitative estimate of drug-likeness (QED) is 0.627. The van der Waals surface area contributed by atoms with Gasteiger partial charge in [-0.25, -0.2) is 0 Å². The fourth-order valence-electron chi connectivity index (χ4n) is 1.78. The molecule has 4 nitrogen and oxygen atoms in total. The van der Waals surface area contributed by atoms with E-state index in [9.17, 15) is 4.79 Å². The van der Waals surface area contributed by atoms with Crippen molar-refractivity contribution in [1.82, 2.24) is 10.6 Å². The number of rotatable bonds is 10. The smallest absolute Gasteiger partial charge is 0.234 e. The van der Waals surface area contributed by atoms with Gasteiger partial charge in [0.15, 0.2) is 0 Å². The summed E-state index contributed by atoms with van der Waals surface area (Å²) in [5.74, 6) is 0.0279. The fourth-order valence-corrected chi connectivity index (χ4v) is 1.78. The Bertz CT molecular complexity index is 341. The van der Waals surface area contributed by atoms with Crippen molar-refractivity contribution in [2.45, 2.75) is 19.3 Å². The van der Waals surface area contributed by atoms with Gasteiger partial charge in [-0.1, -0.05) is 30.3 Å². The molecule has 0 heterocycles. The van der Waals surface area contributed by atoms with Crippen molar-refractivity contribution < 1.29 is 9.53 Å². The minimum atomic E-state index is 0.0279. The first kappa shape index (κ1) is 15.7. The zero-order valence-corrected chi connectivity index (χ0v) is 11.7. The van der Waals surface area contributed by atoms with Gasteiger partial charge in [-0.2, -0.15) is 0 Å². The zero-order valence-electron chi connectivity index (χ0n) is 11.7. The van der Waals surface area contributed by atoms with E-state index < -0.39 is 0 Å². The summed E-state index contributed by atoms with van der Waals surface area (Å²) in [6.07, 6.45) is 3.32. The summed E-state index contributed by atoms with van der Waals surface area (Å²) in [7, 11) is 1.62. The van der Waals surface area contributed by atoms with Gasteiger partial charge in [-0.05, 0) is 31.4 Å². The Hall–Kier alpha value is -1.39. The maximum Gasteiger partial charge on any atom is 0.234 e. The lowest BCUT2D eigenvalue weighted by Crippen LogP contribution is -2.35. The Balaban J connectivity index is 1.92. The summed E-state index contributed by atoms with van der Waals surface area (Å²) >= 11 is 0. The lowest BCUT2D eigenvalue weighted by molar-refractivity contribution is -0.120. The monoisotopic (exact) mass is 264 g/mol. The summed E-state index contributed by atoms with van der Waals surface area (Å²) in [6.45, 7) is 2.40. The lowest BCUT2D eigenvalue weighted by atomic mass is 10.1. The summed E-state index contributed by atoms with van der Waals surface area (Å²) in [5, 5.41) is 5.92. The normalized spacial score (nSPS) is 10.4. The number of hydrogen-bond donors (Lipinski definition) is 2. The van der Waals surface area contributed by atoms with Gasteiger partial charge >= 0.3 is 0 Å². The van der Waals surface area contributed by atoms with Crippen molar-refractivity contribution in [3.63, 3.8) is 0 Å². The van der Waals surface area contributed by atoms with Crippen LogP contribution in [0.3, 0.4) is 0 Å². The molecule has 0 aliphatic rings. The predicted molar refractivity (Wildman–Crippen MR) is 77.1 cm³/mol. The van der Waals surface area contributed by atoms with Crippen LogP contribution in [0.15, 0.2) is 30.3 Å². The molecule has 0 bridgehead atoms. The second kappa shape index (κ2) is 10.5. The highest BCUT2D eigenvalue weighted by molar-refractivity contribution is 5.77. The van der Waals surface area contributed by atoms with Crippen LogP contribution in [0.4, 0.5) is 0 Å². The van der Waals surface area contributed by atoms with E-state index in [0.717, 1.165) is 25.8 Å². The molecule has 19 heavy (non-hydrogen) atoms. The molecule has 1 aromatic rings. The van der Waals surface area contributed by atoms with Gasteiger partial charge in [0.25, 0.3) is 0 Å². The van der Waals surface area contributed by atoms with Gasteiger partial charge in [-0.15, -0.1) is 0 Å². The molecule has 0 saturated heterocycles. The molecule has 4 heteroatoms. The first-order valence-corrected chi connectivity index (χ1v) is 6.83. The van der Waals surface area contributed by atoms with E-state index in [1.54, 1.807) is 7.11 Å². The van der Waals surface area contributed by atoms with Gasteiger partial charge < -0.3 is 15.4 Å². The molecule has 0 aliphatic carbocycles. The van der Waals surface area contributed by atoms with Crippen LogP contribution in [0.1, 0.15) is 18.4 Å². The number of unbranched alkanes of at least 4 members (excludes halogenated alkanes) is 1. The molecule has 1 amide bonds. The topological polar surface area (TPSA) is 50.4 Å². The van der Waals surface area contributed by atoms with Gasteiger partial charge in [-0.3, -0.25) is 4.79 Å². The molecule has 1 rings (SSSR count). The molecule has 1 aromatic carbocycles. The van der Waals surface area contributed by atoms with Crippen LogP contribution in [0.5, 0.6) is 0 Å². The molecule has 106 valence electrons. The standard InChI is InChI=1S/C15H24N2O2/c1-19-12-11-17-15(18)13-16-10-6-5-9-14-7-3-2-4-8-14/h2-4,7-8,16H,5-6,9-13H2,1H3,(H,17,18). The SMILES string of the molecule is COCCNC(=O)CNCCCCc1ccccc1. The minimum absolute atomic E-state index is 0.0279. The third-order valence-electron chi connectivity index (χ3n) is 2.83. The van der Waals surface area contributed by atoms with Crippen molar-refractivity contribution in [3.05, 3.63) is 35.9 Å². The van der Waals surface area contributed by atoms with Gasteiger partial charge in [0.05, 0.1) is 13.2 Å². The van der Waals surface area contributed by atoms with Crippen molar-refractivity contribution >= 4 is 5.91 Å². The molecular weight excluding hydrogens is 240 g/mol. The Morgan fingerprint density at radius 3 is 2.68 bits per heavy atom. The largest absolute Gasteiger partial charge is 0.383 e. The second-order valence-electron chi connectivity index (χ2n) is 4.46. The third kappa shape index (κ3) is 8.35. The van der Waals surface area contributed by atoms with Gasteiger partial charge in [0.2, 0.25) is 5.91 Å². The van der Waals surface area contributed by atoms with Gasteiger partial charge in [0, 0.05) is 13.7 Å². The number of nitrogens with one attached hydrogen (secondary N) is 2. The highest BCUT2D eigenvalue weighted by atomic mass is 16.5. The van der Waals surface area contributed by atoms with Crippen LogP contribution in [0.2, 0.25) is 0 Å². The second-order valence-corrected chi connectivity index (χ2v) is 4.46. The van der Waals surface area contributed by atoms with E-state index in [0.29, 0.717) is 19.7 Å². The number of amides is 1. The molecule has 0 aliphatic heterocycles. The highest BCUT2D eigenvalue weighted by Crippen LogP contribution is 2.03. The van der Waals surface area contributed by atoms with E-state index in [4.69, 9.17) is 4.74 Å². The number of aryl methyl sites for hydroxylation is 1. The Morgan fingerprint density at radius 1 is 1.16 bits per heavy atom. The number of carbonyl (C=O) groups is 1. The van der Waals surface area contributed by atoms with Crippen molar-refractivity contribution in [2.75, 3.05) is 33.4 Å². The van der Waals surface area contributed by atoms with E-state index >= 15 is 0 Å². The molecular formula is C15H24N2O2. The van der Waals surface area contributed by atoms with Crippen LogP contribution in [0, 0.1) is 0 Å². The van der Waals surface area contributed by atoms with Gasteiger partial charge in [0.1, 0.15) is 0 Å². The van der Waals surface area contributed by atoms with Crippen LogP contribution < -0.4 is 10.6 Å². The van der Waals surface area contributed by atoms with Crippen LogP contribution in [-0.2, 0) is 16.0 Å². The van der Waals surface area contributed by atoms with E-state index in [-0.39, 0.29) is 5.91 Å². The number of hydrogen-bond acceptors (Lipinski definition) is 3. The molecule has 0 fully saturated rings. The molecule has 0 unspecified atom stereocenters. The van der Waals surface area contributed by atoms with Crippen molar-refractivity contribution in [1.29, 1.82) is 0 Å². The van der Waals surface area contributed by atoms with Crippen LogP contribution >= 0.6 is 0 Å². The summed E-state index contributed by atoms with van der Waals surface area (Å²) in [6, 6.07) is 10.5. The van der Waals surface area contributed by atoms with E-state index in [1.165, 1.54) is 5.56 Å². The summed E-state index contributed by atoms with van der Waals surface area (Å²) < 4.78 is 4.86.